The number of carbonyl (C=O) groups excluding carboxylic acids is 1. The zero-order valence-corrected chi connectivity index (χ0v) is 13.4. The molecule has 0 spiro atoms. The van der Waals surface area contributed by atoms with Crippen molar-refractivity contribution in [3.63, 3.8) is 0 Å². The highest BCUT2D eigenvalue weighted by Crippen LogP contribution is 2.31. The summed E-state index contributed by atoms with van der Waals surface area (Å²) in [5, 5.41) is 3.87. The molecule has 3 nitrogen and oxygen atoms in total. The normalized spacial score (nSPS) is 10.7. The van der Waals surface area contributed by atoms with Gasteiger partial charge in [-0.1, -0.05) is 43.1 Å². The lowest BCUT2D eigenvalue weighted by Crippen LogP contribution is -2.33. The van der Waals surface area contributed by atoms with Crippen molar-refractivity contribution in [1.82, 2.24) is 5.32 Å². The van der Waals surface area contributed by atoms with Crippen LogP contribution >= 0.6 is 23.2 Å². The van der Waals surface area contributed by atoms with E-state index in [0.717, 1.165) is 12.8 Å². The summed E-state index contributed by atoms with van der Waals surface area (Å²) >= 11 is 11.9. The molecule has 0 unspecified atom stereocenters. The van der Waals surface area contributed by atoms with E-state index in [4.69, 9.17) is 27.9 Å². The van der Waals surface area contributed by atoms with Crippen LogP contribution in [0.2, 0.25) is 10.0 Å². The summed E-state index contributed by atoms with van der Waals surface area (Å²) in [5.41, 5.74) is 0. The maximum absolute atomic E-state index is 11.7. The van der Waals surface area contributed by atoms with E-state index in [1.807, 2.05) is 0 Å². The molecule has 0 heterocycles. The molecular weight excluding hydrogens is 297 g/mol. The molecule has 0 saturated heterocycles. The van der Waals surface area contributed by atoms with E-state index < -0.39 is 0 Å². The molecular formula is C15H21Cl2NO2. The van der Waals surface area contributed by atoms with Gasteiger partial charge in [-0.2, -0.15) is 0 Å². The van der Waals surface area contributed by atoms with Crippen LogP contribution in [0.4, 0.5) is 0 Å². The Morgan fingerprint density at radius 1 is 1.30 bits per heavy atom. The minimum Gasteiger partial charge on any atom is -0.492 e. The summed E-state index contributed by atoms with van der Waals surface area (Å²) in [6, 6.07) is 5.52. The molecule has 5 heteroatoms. The Labute approximate surface area is 130 Å². The van der Waals surface area contributed by atoms with Gasteiger partial charge in [-0.05, 0) is 31.4 Å². The van der Waals surface area contributed by atoms with Crippen LogP contribution in [-0.2, 0) is 4.79 Å². The highest BCUT2D eigenvalue weighted by atomic mass is 35.5. The minimum absolute atomic E-state index is 0.0690. The first kappa shape index (κ1) is 17.1. The van der Waals surface area contributed by atoms with E-state index in [1.54, 1.807) is 18.2 Å². The number of hydrogen-bond acceptors (Lipinski definition) is 2. The molecule has 0 atom stereocenters. The fourth-order valence-corrected chi connectivity index (χ4v) is 2.15. The lowest BCUT2D eigenvalue weighted by molar-refractivity contribution is -0.122. The number of benzene rings is 1. The fourth-order valence-electron chi connectivity index (χ4n) is 1.80. The Bertz CT molecular complexity index is 434. The molecule has 20 heavy (non-hydrogen) atoms. The van der Waals surface area contributed by atoms with Crippen LogP contribution in [-0.4, -0.2) is 18.6 Å². The first-order valence-electron chi connectivity index (χ1n) is 6.94. The first-order valence-corrected chi connectivity index (χ1v) is 7.70. The molecule has 1 amide bonds. The van der Waals surface area contributed by atoms with Gasteiger partial charge in [0.1, 0.15) is 10.8 Å². The molecule has 0 aliphatic rings. The number of ether oxygens (including phenoxy) is 1. The molecule has 1 aromatic rings. The molecule has 0 aliphatic heterocycles. The van der Waals surface area contributed by atoms with Crippen molar-refractivity contribution in [2.24, 2.45) is 0 Å². The Morgan fingerprint density at radius 3 is 2.65 bits per heavy atom. The average Bonchev–Trinajstić information content (AvgIpc) is 2.45. The van der Waals surface area contributed by atoms with Gasteiger partial charge in [0.25, 0.3) is 0 Å². The molecule has 0 fully saturated rings. The second-order valence-electron chi connectivity index (χ2n) is 4.58. The van der Waals surface area contributed by atoms with E-state index in [0.29, 0.717) is 35.2 Å². The maximum Gasteiger partial charge on any atom is 0.220 e. The summed E-state index contributed by atoms with van der Waals surface area (Å²) in [7, 11) is 0. The number of hydrogen-bond donors (Lipinski definition) is 1. The molecule has 112 valence electrons. The van der Waals surface area contributed by atoms with Crippen molar-refractivity contribution >= 4 is 29.1 Å². The lowest BCUT2D eigenvalue weighted by Gasteiger charge is -2.14. The summed E-state index contributed by atoms with van der Waals surface area (Å²) < 4.78 is 5.53. The van der Waals surface area contributed by atoms with Crippen molar-refractivity contribution in [3.8, 4) is 5.75 Å². The molecule has 1 rings (SSSR count). The largest absolute Gasteiger partial charge is 0.492 e. The van der Waals surface area contributed by atoms with E-state index in [1.165, 1.54) is 0 Å². The van der Waals surface area contributed by atoms with Crippen LogP contribution in [0.3, 0.4) is 0 Å². The monoisotopic (exact) mass is 317 g/mol. The third kappa shape index (κ3) is 5.59. The Kier molecular flexibility index (Phi) is 7.78. The van der Waals surface area contributed by atoms with E-state index in [9.17, 15) is 4.79 Å². The number of nitrogens with one attached hydrogen (secondary N) is 1. The van der Waals surface area contributed by atoms with Gasteiger partial charge >= 0.3 is 0 Å². The molecule has 1 aromatic carbocycles. The first-order chi connectivity index (χ1) is 9.58. The van der Waals surface area contributed by atoms with Crippen molar-refractivity contribution < 1.29 is 9.53 Å². The van der Waals surface area contributed by atoms with E-state index >= 15 is 0 Å². The van der Waals surface area contributed by atoms with Crippen molar-refractivity contribution in [1.29, 1.82) is 0 Å². The zero-order valence-electron chi connectivity index (χ0n) is 11.9. The highest BCUT2D eigenvalue weighted by Gasteiger charge is 2.09. The third-order valence-corrected chi connectivity index (χ3v) is 3.87. The van der Waals surface area contributed by atoms with Crippen molar-refractivity contribution in [2.75, 3.05) is 6.61 Å². The SMILES string of the molecule is CCC(CC)NC(=O)CCCOc1cccc(Cl)c1Cl. The van der Waals surface area contributed by atoms with Crippen LogP contribution in [0.15, 0.2) is 18.2 Å². The molecule has 0 radical (unpaired) electrons. The van der Waals surface area contributed by atoms with Gasteiger partial charge in [-0.3, -0.25) is 4.79 Å². The van der Waals surface area contributed by atoms with Crippen LogP contribution < -0.4 is 10.1 Å². The van der Waals surface area contributed by atoms with Gasteiger partial charge in [0, 0.05) is 12.5 Å². The summed E-state index contributed by atoms with van der Waals surface area (Å²) in [5.74, 6) is 0.624. The second-order valence-corrected chi connectivity index (χ2v) is 5.37. The van der Waals surface area contributed by atoms with Gasteiger partial charge in [0.15, 0.2) is 0 Å². The van der Waals surface area contributed by atoms with Gasteiger partial charge in [-0.15, -0.1) is 0 Å². The van der Waals surface area contributed by atoms with Crippen LogP contribution in [0.5, 0.6) is 5.75 Å². The van der Waals surface area contributed by atoms with Crippen molar-refractivity contribution in [2.45, 2.75) is 45.6 Å². The summed E-state index contributed by atoms with van der Waals surface area (Å²) in [4.78, 5) is 11.7. The molecule has 0 aliphatic carbocycles. The average molecular weight is 318 g/mol. The fraction of sp³-hybridized carbons (Fsp3) is 0.533. The highest BCUT2D eigenvalue weighted by molar-refractivity contribution is 6.42. The molecule has 0 bridgehead atoms. The number of amides is 1. The molecule has 0 aromatic heterocycles. The smallest absolute Gasteiger partial charge is 0.220 e. The summed E-state index contributed by atoms with van der Waals surface area (Å²) in [6.45, 7) is 4.58. The second kappa shape index (κ2) is 9.09. The third-order valence-electron chi connectivity index (χ3n) is 3.07. The number of carbonyl (C=O) groups is 1. The van der Waals surface area contributed by atoms with Crippen LogP contribution in [0.1, 0.15) is 39.5 Å². The minimum atomic E-state index is 0.0690. The van der Waals surface area contributed by atoms with E-state index in [2.05, 4.69) is 19.2 Å². The maximum atomic E-state index is 11.7. The standard InChI is InChI=1S/C15H21Cl2NO2/c1-3-11(4-2)18-14(19)9-6-10-20-13-8-5-7-12(16)15(13)17/h5,7-8,11H,3-4,6,9-10H2,1-2H3,(H,18,19). The van der Waals surface area contributed by atoms with Gasteiger partial charge < -0.3 is 10.1 Å². The van der Waals surface area contributed by atoms with Gasteiger partial charge in [-0.25, -0.2) is 0 Å². The zero-order chi connectivity index (χ0) is 15.0. The Balaban J connectivity index is 2.28. The number of halogens is 2. The lowest BCUT2D eigenvalue weighted by atomic mass is 10.1. The van der Waals surface area contributed by atoms with E-state index in [-0.39, 0.29) is 11.9 Å². The molecule has 0 saturated carbocycles. The molecule has 1 N–H and O–H groups in total. The quantitative estimate of drug-likeness (QED) is 0.719. The van der Waals surface area contributed by atoms with Gasteiger partial charge in [0.05, 0.1) is 11.6 Å². The predicted molar refractivity (Wildman–Crippen MR) is 83.7 cm³/mol. The van der Waals surface area contributed by atoms with Crippen LogP contribution in [0.25, 0.3) is 0 Å². The topological polar surface area (TPSA) is 38.3 Å². The van der Waals surface area contributed by atoms with Gasteiger partial charge in [0.2, 0.25) is 5.91 Å². The predicted octanol–water partition coefficient (Wildman–Crippen LogP) is 4.46. The Hall–Kier alpha value is -0.930. The summed E-state index contributed by atoms with van der Waals surface area (Å²) in [6.07, 6.45) is 3.01. The van der Waals surface area contributed by atoms with Crippen LogP contribution in [0, 0.1) is 0 Å². The van der Waals surface area contributed by atoms with Crippen molar-refractivity contribution in [3.05, 3.63) is 28.2 Å². The number of rotatable bonds is 8. The Morgan fingerprint density at radius 2 is 2.00 bits per heavy atom.